The van der Waals surface area contributed by atoms with Crippen LogP contribution in [0.15, 0.2) is 0 Å². The van der Waals surface area contributed by atoms with E-state index in [4.69, 9.17) is 0 Å². The van der Waals surface area contributed by atoms with Crippen LogP contribution >= 0.6 is 11.5 Å². The van der Waals surface area contributed by atoms with Crippen molar-refractivity contribution >= 4 is 16.7 Å². The van der Waals surface area contributed by atoms with Crippen LogP contribution in [0.1, 0.15) is 26.6 Å². The topological polar surface area (TPSA) is 47.0 Å². The van der Waals surface area contributed by atoms with E-state index in [1.54, 1.807) is 0 Å². The summed E-state index contributed by atoms with van der Waals surface area (Å²) in [6, 6.07) is 0. The van der Waals surface area contributed by atoms with Gasteiger partial charge >= 0.3 is 6.18 Å². The summed E-state index contributed by atoms with van der Waals surface area (Å²) in [5.74, 6) is 0.256. The van der Waals surface area contributed by atoms with Gasteiger partial charge in [-0.2, -0.15) is 17.5 Å². The molecule has 1 heterocycles. The van der Waals surface area contributed by atoms with Gasteiger partial charge in [-0.25, -0.2) is 4.98 Å². The molecule has 1 rings (SSSR count). The molecule has 0 atom stereocenters. The zero-order valence-electron chi connectivity index (χ0n) is 9.76. The fourth-order valence-electron chi connectivity index (χ4n) is 0.942. The molecule has 0 aliphatic carbocycles. The molecule has 0 aliphatic heterocycles. The van der Waals surface area contributed by atoms with Crippen molar-refractivity contribution in [3.05, 3.63) is 5.82 Å². The van der Waals surface area contributed by atoms with Gasteiger partial charge in [-0.05, 0) is 20.8 Å². The number of hydrogen-bond acceptors (Lipinski definition) is 5. The molecule has 1 aromatic heterocycles. The fraction of sp³-hybridized carbons (Fsp3) is 0.778. The molecule has 0 saturated carbocycles. The third-order valence-electron chi connectivity index (χ3n) is 1.45. The monoisotopic (exact) mass is 269 g/mol. The minimum absolute atomic E-state index is 0.163. The van der Waals surface area contributed by atoms with E-state index < -0.39 is 12.8 Å². The smallest absolute Gasteiger partial charge is 0.364 e. The lowest BCUT2D eigenvalue weighted by Gasteiger charge is -2.18. The Hall–Kier alpha value is -0.890. The van der Waals surface area contributed by atoms with E-state index in [1.807, 2.05) is 20.8 Å². The Morgan fingerprint density at radius 3 is 2.47 bits per heavy atom. The zero-order chi connectivity index (χ0) is 13.1. The van der Waals surface area contributed by atoms with E-state index in [2.05, 4.69) is 19.4 Å². The normalized spacial score (nSPS) is 12.8. The fourth-order valence-corrected chi connectivity index (χ4v) is 1.73. The van der Waals surface area contributed by atoms with Gasteiger partial charge < -0.3 is 10.1 Å². The molecule has 0 fully saturated rings. The first-order chi connectivity index (χ1) is 7.66. The average Bonchev–Trinajstić information content (AvgIpc) is 2.46. The third kappa shape index (κ3) is 6.42. The van der Waals surface area contributed by atoms with Gasteiger partial charge in [0.1, 0.15) is 13.2 Å². The molecule has 0 radical (unpaired) electrons. The molecule has 0 unspecified atom stereocenters. The molecule has 1 N–H and O–H groups in total. The minimum atomic E-state index is -4.32. The number of nitrogens with zero attached hydrogens (tertiary/aromatic N) is 2. The van der Waals surface area contributed by atoms with Crippen LogP contribution in [0.4, 0.5) is 18.3 Å². The molecule has 98 valence electrons. The largest absolute Gasteiger partial charge is 0.411 e. The van der Waals surface area contributed by atoms with Crippen LogP contribution in [0.3, 0.4) is 0 Å². The van der Waals surface area contributed by atoms with Crippen molar-refractivity contribution in [2.75, 3.05) is 11.9 Å². The van der Waals surface area contributed by atoms with E-state index in [0.29, 0.717) is 5.13 Å². The van der Waals surface area contributed by atoms with Crippen molar-refractivity contribution in [1.82, 2.24) is 9.36 Å². The van der Waals surface area contributed by atoms with Crippen molar-refractivity contribution in [2.45, 2.75) is 39.1 Å². The van der Waals surface area contributed by atoms with Crippen molar-refractivity contribution < 1.29 is 17.9 Å². The summed E-state index contributed by atoms with van der Waals surface area (Å²) in [5, 5.41) is 3.65. The Morgan fingerprint density at radius 1 is 1.29 bits per heavy atom. The van der Waals surface area contributed by atoms with Crippen LogP contribution in [0.5, 0.6) is 0 Å². The lowest BCUT2D eigenvalue weighted by atomic mass is 10.1. The second kappa shape index (κ2) is 5.18. The summed E-state index contributed by atoms with van der Waals surface area (Å²) < 4.78 is 43.8. The van der Waals surface area contributed by atoms with Gasteiger partial charge in [0.05, 0.1) is 0 Å². The van der Waals surface area contributed by atoms with Crippen molar-refractivity contribution in [2.24, 2.45) is 0 Å². The number of anilines is 1. The van der Waals surface area contributed by atoms with Crippen LogP contribution in [-0.2, 0) is 11.3 Å². The number of nitrogens with one attached hydrogen (secondary N) is 1. The van der Waals surface area contributed by atoms with Crippen LogP contribution in [0.2, 0.25) is 0 Å². The van der Waals surface area contributed by atoms with Gasteiger partial charge in [0.2, 0.25) is 5.13 Å². The molecule has 8 heteroatoms. The summed E-state index contributed by atoms with van der Waals surface area (Å²) in [5.41, 5.74) is -0.163. The van der Waals surface area contributed by atoms with E-state index in [9.17, 15) is 13.2 Å². The number of aromatic nitrogens is 2. The Bertz CT molecular complexity index is 359. The van der Waals surface area contributed by atoms with Gasteiger partial charge in [0, 0.05) is 17.1 Å². The quantitative estimate of drug-likeness (QED) is 0.913. The van der Waals surface area contributed by atoms with E-state index in [0.717, 1.165) is 11.5 Å². The SMILES string of the molecule is CC(C)(C)Nc1nc(COCC(F)(F)F)ns1. The zero-order valence-corrected chi connectivity index (χ0v) is 10.6. The highest BCUT2D eigenvalue weighted by Gasteiger charge is 2.27. The van der Waals surface area contributed by atoms with Gasteiger partial charge in [-0.3, -0.25) is 0 Å². The van der Waals surface area contributed by atoms with Crippen LogP contribution in [0, 0.1) is 0 Å². The first-order valence-corrected chi connectivity index (χ1v) is 5.68. The maximum absolute atomic E-state index is 11.8. The average molecular weight is 269 g/mol. The molecule has 0 saturated heterocycles. The van der Waals surface area contributed by atoms with Gasteiger partial charge in [0.25, 0.3) is 0 Å². The highest BCUT2D eigenvalue weighted by molar-refractivity contribution is 7.09. The van der Waals surface area contributed by atoms with Crippen LogP contribution in [0.25, 0.3) is 0 Å². The molecular formula is C9H14F3N3OS. The molecule has 1 aromatic rings. The number of ether oxygens (including phenoxy) is 1. The van der Waals surface area contributed by atoms with Crippen molar-refractivity contribution in [1.29, 1.82) is 0 Å². The molecule has 0 amide bonds. The predicted molar refractivity (Wildman–Crippen MR) is 59.0 cm³/mol. The Morgan fingerprint density at radius 2 is 1.94 bits per heavy atom. The second-order valence-electron chi connectivity index (χ2n) is 4.50. The van der Waals surface area contributed by atoms with E-state index in [1.165, 1.54) is 0 Å². The second-order valence-corrected chi connectivity index (χ2v) is 5.25. The molecular weight excluding hydrogens is 255 g/mol. The predicted octanol–water partition coefficient (Wildman–Crippen LogP) is 2.83. The van der Waals surface area contributed by atoms with Crippen LogP contribution in [-0.4, -0.2) is 27.7 Å². The highest BCUT2D eigenvalue weighted by atomic mass is 32.1. The molecule has 0 aliphatic rings. The summed E-state index contributed by atoms with van der Waals surface area (Å²) in [4.78, 5) is 4.02. The summed E-state index contributed by atoms with van der Waals surface area (Å²) >= 11 is 1.10. The number of halogens is 3. The maximum atomic E-state index is 11.8. The molecule has 0 bridgehead atoms. The highest BCUT2D eigenvalue weighted by Crippen LogP contribution is 2.18. The lowest BCUT2D eigenvalue weighted by Crippen LogP contribution is -2.25. The lowest BCUT2D eigenvalue weighted by molar-refractivity contribution is -0.177. The maximum Gasteiger partial charge on any atom is 0.411 e. The van der Waals surface area contributed by atoms with Gasteiger partial charge in [0.15, 0.2) is 5.82 Å². The first kappa shape index (κ1) is 14.2. The molecule has 4 nitrogen and oxygen atoms in total. The van der Waals surface area contributed by atoms with Crippen LogP contribution < -0.4 is 5.32 Å². The summed E-state index contributed by atoms with van der Waals surface area (Å²) in [7, 11) is 0. The molecule has 0 aromatic carbocycles. The standard InChI is InChI=1S/C9H14F3N3OS/c1-8(2,3)14-7-13-6(15-17-7)4-16-5-9(10,11)12/h4-5H2,1-3H3,(H,13,14,15). The molecule has 17 heavy (non-hydrogen) atoms. The van der Waals surface area contributed by atoms with E-state index in [-0.39, 0.29) is 18.0 Å². The third-order valence-corrected chi connectivity index (χ3v) is 2.12. The summed E-state index contributed by atoms with van der Waals surface area (Å²) in [6.07, 6.45) is -4.32. The van der Waals surface area contributed by atoms with Crippen molar-refractivity contribution in [3.8, 4) is 0 Å². The van der Waals surface area contributed by atoms with Gasteiger partial charge in [-0.1, -0.05) is 0 Å². The Kier molecular flexibility index (Phi) is 4.31. The minimum Gasteiger partial charge on any atom is -0.364 e. The van der Waals surface area contributed by atoms with E-state index >= 15 is 0 Å². The Labute approximate surface area is 101 Å². The van der Waals surface area contributed by atoms with Gasteiger partial charge in [-0.15, -0.1) is 0 Å². The Balaban J connectivity index is 2.41. The number of hydrogen-bond donors (Lipinski definition) is 1. The number of rotatable bonds is 4. The molecule has 0 spiro atoms. The van der Waals surface area contributed by atoms with Crippen molar-refractivity contribution in [3.63, 3.8) is 0 Å². The summed E-state index contributed by atoms with van der Waals surface area (Å²) in [6.45, 7) is 4.34. The number of alkyl halides is 3. The first-order valence-electron chi connectivity index (χ1n) is 4.91.